The van der Waals surface area contributed by atoms with Crippen molar-refractivity contribution in [2.24, 2.45) is 17.6 Å². The second-order valence-corrected chi connectivity index (χ2v) is 6.42. The molecule has 5 amide bonds. The SMILES string of the molecule is CCNC(=O)N1C(C(N)=O)C2C(=O)N(CC)C(=O)C2C1c1ccccc1. The van der Waals surface area contributed by atoms with Crippen LogP contribution in [0.15, 0.2) is 30.3 Å². The number of amides is 5. The van der Waals surface area contributed by atoms with Crippen molar-refractivity contribution in [2.75, 3.05) is 13.1 Å². The number of hydrogen-bond acceptors (Lipinski definition) is 4. The highest BCUT2D eigenvalue weighted by molar-refractivity contribution is 6.09. The number of rotatable bonds is 4. The maximum atomic E-state index is 12.9. The normalized spacial score (nSPS) is 27.6. The van der Waals surface area contributed by atoms with Crippen LogP contribution in [0, 0.1) is 11.8 Å². The van der Waals surface area contributed by atoms with Gasteiger partial charge >= 0.3 is 6.03 Å². The first kappa shape index (κ1) is 17.9. The van der Waals surface area contributed by atoms with Crippen LogP contribution in [0.4, 0.5) is 4.79 Å². The van der Waals surface area contributed by atoms with E-state index in [0.717, 1.165) is 4.90 Å². The Morgan fingerprint density at radius 2 is 1.69 bits per heavy atom. The molecule has 0 radical (unpaired) electrons. The second kappa shape index (κ2) is 6.78. The Morgan fingerprint density at radius 3 is 2.23 bits per heavy atom. The van der Waals surface area contributed by atoms with Crippen LogP contribution in [0.2, 0.25) is 0 Å². The summed E-state index contributed by atoms with van der Waals surface area (Å²) < 4.78 is 0. The van der Waals surface area contributed by atoms with E-state index in [4.69, 9.17) is 5.73 Å². The van der Waals surface area contributed by atoms with Gasteiger partial charge in [0.25, 0.3) is 0 Å². The van der Waals surface area contributed by atoms with Crippen molar-refractivity contribution in [3.05, 3.63) is 35.9 Å². The zero-order chi connectivity index (χ0) is 19.0. The Morgan fingerprint density at radius 1 is 1.08 bits per heavy atom. The molecule has 3 rings (SSSR count). The van der Waals surface area contributed by atoms with E-state index in [2.05, 4.69) is 5.32 Å². The van der Waals surface area contributed by atoms with Crippen LogP contribution in [0.25, 0.3) is 0 Å². The average molecular weight is 358 g/mol. The van der Waals surface area contributed by atoms with Gasteiger partial charge in [0.1, 0.15) is 6.04 Å². The van der Waals surface area contributed by atoms with Gasteiger partial charge < -0.3 is 16.0 Å². The van der Waals surface area contributed by atoms with Crippen LogP contribution in [-0.4, -0.2) is 52.7 Å². The number of carbonyl (C=O) groups excluding carboxylic acids is 4. The average Bonchev–Trinajstić information content (AvgIpc) is 3.09. The van der Waals surface area contributed by atoms with Crippen LogP contribution in [0.3, 0.4) is 0 Å². The summed E-state index contributed by atoms with van der Waals surface area (Å²) in [6.45, 7) is 4.02. The number of carbonyl (C=O) groups is 4. The van der Waals surface area contributed by atoms with E-state index in [1.807, 2.05) is 6.07 Å². The number of fused-ring (bicyclic) bond motifs is 1. The molecule has 3 N–H and O–H groups in total. The van der Waals surface area contributed by atoms with Gasteiger partial charge in [0.05, 0.1) is 17.9 Å². The molecule has 0 aromatic heterocycles. The molecule has 4 atom stereocenters. The third-order valence-corrected chi connectivity index (χ3v) is 5.08. The maximum Gasteiger partial charge on any atom is 0.318 e. The van der Waals surface area contributed by atoms with E-state index in [1.165, 1.54) is 4.90 Å². The number of likely N-dealkylation sites (tertiary alicyclic amines) is 2. The Kier molecular flexibility index (Phi) is 4.67. The Labute approximate surface area is 151 Å². The largest absolute Gasteiger partial charge is 0.368 e. The van der Waals surface area contributed by atoms with Crippen LogP contribution >= 0.6 is 0 Å². The molecule has 8 nitrogen and oxygen atoms in total. The quantitative estimate of drug-likeness (QED) is 0.751. The number of nitrogens with one attached hydrogen (secondary N) is 1. The lowest BCUT2D eigenvalue weighted by Crippen LogP contribution is -2.53. The lowest BCUT2D eigenvalue weighted by Gasteiger charge is -2.32. The van der Waals surface area contributed by atoms with Gasteiger partial charge in [-0.15, -0.1) is 0 Å². The molecule has 8 heteroatoms. The molecule has 0 saturated carbocycles. The van der Waals surface area contributed by atoms with Crippen molar-refractivity contribution < 1.29 is 19.2 Å². The van der Waals surface area contributed by atoms with Gasteiger partial charge in [0, 0.05) is 13.1 Å². The van der Waals surface area contributed by atoms with Crippen LogP contribution in [0.1, 0.15) is 25.5 Å². The molecular weight excluding hydrogens is 336 g/mol. The summed E-state index contributed by atoms with van der Waals surface area (Å²) in [4.78, 5) is 53.0. The van der Waals surface area contributed by atoms with E-state index in [1.54, 1.807) is 38.1 Å². The minimum atomic E-state index is -1.16. The predicted octanol–water partition coefficient (Wildman–Crippen LogP) is 0.248. The van der Waals surface area contributed by atoms with Crippen LogP contribution in [0.5, 0.6) is 0 Å². The topological polar surface area (TPSA) is 113 Å². The molecule has 1 aromatic carbocycles. The smallest absolute Gasteiger partial charge is 0.318 e. The minimum Gasteiger partial charge on any atom is -0.368 e. The lowest BCUT2D eigenvalue weighted by molar-refractivity contribution is -0.142. The highest BCUT2D eigenvalue weighted by Crippen LogP contribution is 2.49. The Hall–Kier alpha value is -2.90. The van der Waals surface area contributed by atoms with Gasteiger partial charge in [-0.1, -0.05) is 30.3 Å². The zero-order valence-electron chi connectivity index (χ0n) is 14.7. The molecule has 26 heavy (non-hydrogen) atoms. The first-order valence-corrected chi connectivity index (χ1v) is 8.69. The van der Waals surface area contributed by atoms with Crippen molar-refractivity contribution in [2.45, 2.75) is 25.9 Å². The summed E-state index contributed by atoms with van der Waals surface area (Å²) in [6, 6.07) is 6.56. The Balaban J connectivity index is 2.16. The number of nitrogens with two attached hydrogens (primary N) is 1. The number of urea groups is 1. The third-order valence-electron chi connectivity index (χ3n) is 5.08. The monoisotopic (exact) mass is 358 g/mol. The summed E-state index contributed by atoms with van der Waals surface area (Å²) in [5, 5.41) is 2.66. The minimum absolute atomic E-state index is 0.221. The molecule has 0 bridgehead atoms. The molecule has 2 fully saturated rings. The van der Waals surface area contributed by atoms with Gasteiger partial charge in [-0.3, -0.25) is 19.3 Å². The van der Waals surface area contributed by atoms with Gasteiger partial charge in [0.15, 0.2) is 0 Å². The number of nitrogens with zero attached hydrogens (tertiary/aromatic N) is 2. The van der Waals surface area contributed by atoms with E-state index in [9.17, 15) is 19.2 Å². The van der Waals surface area contributed by atoms with Gasteiger partial charge in [-0.2, -0.15) is 0 Å². The zero-order valence-corrected chi connectivity index (χ0v) is 14.7. The highest BCUT2D eigenvalue weighted by Gasteiger charge is 2.64. The summed E-state index contributed by atoms with van der Waals surface area (Å²) in [6.07, 6.45) is 0. The highest BCUT2D eigenvalue weighted by atomic mass is 16.2. The number of imide groups is 1. The molecule has 0 aliphatic carbocycles. The lowest BCUT2D eigenvalue weighted by atomic mass is 9.86. The van der Waals surface area contributed by atoms with Gasteiger partial charge in [0.2, 0.25) is 17.7 Å². The van der Waals surface area contributed by atoms with E-state index >= 15 is 0 Å². The first-order valence-electron chi connectivity index (χ1n) is 8.69. The summed E-state index contributed by atoms with van der Waals surface area (Å²) >= 11 is 0. The van der Waals surface area contributed by atoms with E-state index in [-0.39, 0.29) is 12.5 Å². The molecule has 2 aliphatic rings. The predicted molar refractivity (Wildman–Crippen MR) is 92.5 cm³/mol. The number of hydrogen-bond donors (Lipinski definition) is 2. The van der Waals surface area contributed by atoms with Crippen molar-refractivity contribution in [1.29, 1.82) is 0 Å². The molecule has 138 valence electrons. The molecule has 2 aliphatic heterocycles. The fourth-order valence-corrected chi connectivity index (χ4v) is 4.10. The van der Waals surface area contributed by atoms with Crippen molar-refractivity contribution in [3.63, 3.8) is 0 Å². The van der Waals surface area contributed by atoms with Gasteiger partial charge in [-0.25, -0.2) is 4.79 Å². The summed E-state index contributed by atoms with van der Waals surface area (Å²) in [5.41, 5.74) is 6.26. The number of primary amides is 1. The fourth-order valence-electron chi connectivity index (χ4n) is 4.10. The van der Waals surface area contributed by atoms with E-state index in [0.29, 0.717) is 12.1 Å². The Bertz CT molecular complexity index is 751. The molecule has 1 aromatic rings. The van der Waals surface area contributed by atoms with Crippen molar-refractivity contribution >= 4 is 23.8 Å². The van der Waals surface area contributed by atoms with Crippen molar-refractivity contribution in [1.82, 2.24) is 15.1 Å². The van der Waals surface area contributed by atoms with Crippen LogP contribution in [-0.2, 0) is 14.4 Å². The fraction of sp³-hybridized carbons (Fsp3) is 0.444. The van der Waals surface area contributed by atoms with Crippen LogP contribution < -0.4 is 11.1 Å². The first-order chi connectivity index (χ1) is 12.4. The standard InChI is InChI=1S/C18H22N4O4/c1-3-20-18(26)22-13(10-8-6-5-7-9-10)11-12(14(22)15(19)23)17(25)21(4-2)16(11)24/h5-9,11-14H,3-4H2,1-2H3,(H2,19,23)(H,20,26). The van der Waals surface area contributed by atoms with Crippen molar-refractivity contribution in [3.8, 4) is 0 Å². The molecular formula is C18H22N4O4. The summed E-state index contributed by atoms with van der Waals surface area (Å²) in [7, 11) is 0. The molecule has 4 unspecified atom stereocenters. The third kappa shape index (κ3) is 2.53. The number of benzene rings is 1. The second-order valence-electron chi connectivity index (χ2n) is 6.42. The van der Waals surface area contributed by atoms with E-state index < -0.39 is 41.8 Å². The van der Waals surface area contributed by atoms with Gasteiger partial charge in [-0.05, 0) is 19.4 Å². The maximum absolute atomic E-state index is 12.9. The molecule has 0 spiro atoms. The summed E-state index contributed by atoms with van der Waals surface area (Å²) in [5.74, 6) is -3.37. The molecule has 2 saturated heterocycles. The molecule has 2 heterocycles.